The minimum absolute atomic E-state index is 0.785. The Kier molecular flexibility index (Phi) is 4.92. The summed E-state index contributed by atoms with van der Waals surface area (Å²) in [5.74, 6) is 2.46. The Morgan fingerprint density at radius 3 is 2.95 bits per heavy atom. The van der Waals surface area contributed by atoms with E-state index in [0.717, 1.165) is 53.2 Å². The van der Waals surface area contributed by atoms with Gasteiger partial charge in [0.1, 0.15) is 0 Å². The molecule has 1 aliphatic rings. The van der Waals surface area contributed by atoms with Crippen molar-refractivity contribution in [2.75, 3.05) is 31.1 Å². The average molecular weight is 370 g/mol. The molecule has 0 spiro atoms. The van der Waals surface area contributed by atoms with Gasteiger partial charge in [0.15, 0.2) is 5.82 Å². The maximum absolute atomic E-state index is 4.63. The van der Waals surface area contributed by atoms with Crippen molar-refractivity contribution in [3.8, 4) is 11.4 Å². The van der Waals surface area contributed by atoms with Crippen LogP contribution in [0.3, 0.4) is 0 Å². The van der Waals surface area contributed by atoms with Crippen LogP contribution in [-0.4, -0.2) is 41.4 Å². The van der Waals surface area contributed by atoms with Crippen LogP contribution in [0.5, 0.6) is 0 Å². The molecule has 0 amide bonds. The summed E-state index contributed by atoms with van der Waals surface area (Å²) in [6.45, 7) is 6.43. The van der Waals surface area contributed by atoms with Gasteiger partial charge < -0.3 is 10.2 Å². The minimum atomic E-state index is 0.785. The summed E-state index contributed by atoms with van der Waals surface area (Å²) in [7, 11) is 0. The van der Waals surface area contributed by atoms with Crippen LogP contribution >= 0.6 is 27.3 Å². The highest BCUT2D eigenvalue weighted by atomic mass is 79.9. The fourth-order valence-electron chi connectivity index (χ4n) is 2.64. The number of hydrogen-bond acceptors (Lipinski definition) is 5. The number of aromatic amines is 1. The number of piperidine rings is 1. The summed E-state index contributed by atoms with van der Waals surface area (Å²) in [5, 5.41) is 12.9. The van der Waals surface area contributed by atoms with E-state index in [-0.39, 0.29) is 0 Å². The molecule has 0 radical (unpaired) electrons. The third-order valence-electron chi connectivity index (χ3n) is 3.89. The summed E-state index contributed by atoms with van der Waals surface area (Å²) in [6, 6.07) is 2.07. The number of rotatable bonds is 5. The molecule has 1 fully saturated rings. The van der Waals surface area contributed by atoms with Crippen LogP contribution in [0, 0.1) is 5.92 Å². The molecular formula is C14H20BrN5S. The lowest BCUT2D eigenvalue weighted by Crippen LogP contribution is -2.37. The van der Waals surface area contributed by atoms with Crippen LogP contribution in [0.2, 0.25) is 0 Å². The zero-order valence-corrected chi connectivity index (χ0v) is 14.5. The van der Waals surface area contributed by atoms with Crippen molar-refractivity contribution >= 4 is 33.2 Å². The van der Waals surface area contributed by atoms with E-state index in [0.29, 0.717) is 0 Å². The number of nitrogens with zero attached hydrogens (tertiary/aromatic N) is 3. The molecule has 7 heteroatoms. The molecule has 0 aliphatic carbocycles. The second-order valence-corrected chi connectivity index (χ2v) is 7.65. The van der Waals surface area contributed by atoms with Crippen molar-refractivity contribution in [3.63, 3.8) is 0 Å². The Bertz CT molecular complexity index is 573. The highest BCUT2D eigenvalue weighted by Crippen LogP contribution is 2.28. The number of halogens is 1. The molecule has 2 aromatic heterocycles. The van der Waals surface area contributed by atoms with Crippen LogP contribution in [0.1, 0.15) is 19.8 Å². The molecule has 0 atom stereocenters. The molecule has 114 valence electrons. The fourth-order valence-corrected chi connectivity index (χ4v) is 3.78. The van der Waals surface area contributed by atoms with E-state index >= 15 is 0 Å². The maximum Gasteiger partial charge on any atom is 0.245 e. The van der Waals surface area contributed by atoms with Gasteiger partial charge in [0.2, 0.25) is 5.95 Å². The molecule has 0 unspecified atom stereocenters. The first-order chi connectivity index (χ1) is 10.3. The van der Waals surface area contributed by atoms with E-state index < -0.39 is 0 Å². The van der Waals surface area contributed by atoms with E-state index in [1.807, 2.05) is 0 Å². The lowest BCUT2D eigenvalue weighted by atomic mass is 9.97. The van der Waals surface area contributed by atoms with Crippen LogP contribution < -0.4 is 10.2 Å². The first-order valence-corrected chi connectivity index (χ1v) is 9.06. The summed E-state index contributed by atoms with van der Waals surface area (Å²) in [6.07, 6.45) is 2.42. The van der Waals surface area contributed by atoms with Crippen LogP contribution in [0.15, 0.2) is 15.2 Å². The Labute approximate surface area is 137 Å². The lowest BCUT2D eigenvalue weighted by Gasteiger charge is -2.31. The molecule has 3 heterocycles. The topological polar surface area (TPSA) is 56.8 Å². The molecule has 21 heavy (non-hydrogen) atoms. The number of H-pyrrole nitrogens is 1. The van der Waals surface area contributed by atoms with Gasteiger partial charge in [-0.05, 0) is 53.8 Å². The maximum atomic E-state index is 4.63. The fraction of sp³-hybridized carbons (Fsp3) is 0.571. The molecule has 2 N–H and O–H groups in total. The molecule has 1 saturated heterocycles. The predicted molar refractivity (Wildman–Crippen MR) is 90.9 cm³/mol. The van der Waals surface area contributed by atoms with E-state index in [1.54, 1.807) is 11.3 Å². The molecule has 3 rings (SSSR count). The zero-order chi connectivity index (χ0) is 14.7. The third-order valence-corrected chi connectivity index (χ3v) is 5.40. The molecule has 0 aromatic carbocycles. The Balaban J connectivity index is 1.60. The number of aromatic nitrogens is 3. The first-order valence-electron chi connectivity index (χ1n) is 7.38. The average Bonchev–Trinajstić information content (AvgIpc) is 3.14. The van der Waals surface area contributed by atoms with E-state index in [9.17, 15) is 0 Å². The van der Waals surface area contributed by atoms with Gasteiger partial charge in [-0.3, -0.25) is 5.10 Å². The van der Waals surface area contributed by atoms with Crippen molar-refractivity contribution in [1.29, 1.82) is 0 Å². The minimum Gasteiger partial charge on any atom is -0.340 e. The SMILES string of the molecule is CCNCC1CCN(c2n[nH]c(-c3csc(Br)c3)n2)CC1. The second-order valence-electron chi connectivity index (χ2n) is 5.36. The summed E-state index contributed by atoms with van der Waals surface area (Å²) in [5.41, 5.74) is 1.09. The Hall–Kier alpha value is -0.920. The van der Waals surface area contributed by atoms with Gasteiger partial charge in [0, 0.05) is 24.0 Å². The van der Waals surface area contributed by atoms with Gasteiger partial charge in [-0.1, -0.05) is 6.92 Å². The Morgan fingerprint density at radius 1 is 1.48 bits per heavy atom. The van der Waals surface area contributed by atoms with Crippen molar-refractivity contribution in [2.45, 2.75) is 19.8 Å². The van der Waals surface area contributed by atoms with Gasteiger partial charge in [-0.25, -0.2) is 0 Å². The molecule has 0 saturated carbocycles. The standard InChI is InChI=1S/C14H20BrN5S/c1-2-16-8-10-3-5-20(6-4-10)14-17-13(18-19-14)11-7-12(15)21-9-11/h7,9-10,16H,2-6,8H2,1H3,(H,17,18,19). The summed E-state index contributed by atoms with van der Waals surface area (Å²) in [4.78, 5) is 6.92. The highest BCUT2D eigenvalue weighted by Gasteiger charge is 2.21. The normalized spacial score (nSPS) is 16.6. The lowest BCUT2D eigenvalue weighted by molar-refractivity contribution is 0.384. The van der Waals surface area contributed by atoms with Crippen LogP contribution in [-0.2, 0) is 0 Å². The van der Waals surface area contributed by atoms with Gasteiger partial charge in [0.05, 0.1) is 3.79 Å². The van der Waals surface area contributed by atoms with Gasteiger partial charge in [-0.2, -0.15) is 4.98 Å². The van der Waals surface area contributed by atoms with Crippen LogP contribution in [0.4, 0.5) is 5.95 Å². The van der Waals surface area contributed by atoms with Crippen LogP contribution in [0.25, 0.3) is 11.4 Å². The van der Waals surface area contributed by atoms with E-state index in [2.05, 4.69) is 59.7 Å². The summed E-state index contributed by atoms with van der Waals surface area (Å²) >= 11 is 5.14. The van der Waals surface area contributed by atoms with Crippen molar-refractivity contribution in [3.05, 3.63) is 15.2 Å². The third kappa shape index (κ3) is 3.64. The zero-order valence-electron chi connectivity index (χ0n) is 12.1. The number of hydrogen-bond donors (Lipinski definition) is 2. The quantitative estimate of drug-likeness (QED) is 0.849. The largest absolute Gasteiger partial charge is 0.340 e. The predicted octanol–water partition coefficient (Wildman–Crippen LogP) is 3.12. The highest BCUT2D eigenvalue weighted by molar-refractivity contribution is 9.11. The van der Waals surface area contributed by atoms with Gasteiger partial charge >= 0.3 is 0 Å². The van der Waals surface area contributed by atoms with E-state index in [1.165, 1.54) is 12.8 Å². The van der Waals surface area contributed by atoms with E-state index in [4.69, 9.17) is 0 Å². The number of thiophene rings is 1. The molecule has 1 aliphatic heterocycles. The van der Waals surface area contributed by atoms with Crippen molar-refractivity contribution in [2.24, 2.45) is 5.92 Å². The number of nitrogens with one attached hydrogen (secondary N) is 2. The molecule has 2 aromatic rings. The van der Waals surface area contributed by atoms with Crippen molar-refractivity contribution in [1.82, 2.24) is 20.5 Å². The van der Waals surface area contributed by atoms with Gasteiger partial charge in [-0.15, -0.1) is 16.4 Å². The summed E-state index contributed by atoms with van der Waals surface area (Å²) < 4.78 is 1.11. The molecule has 0 bridgehead atoms. The smallest absolute Gasteiger partial charge is 0.245 e. The first kappa shape index (κ1) is 15.0. The monoisotopic (exact) mass is 369 g/mol. The Morgan fingerprint density at radius 2 is 2.29 bits per heavy atom. The van der Waals surface area contributed by atoms with Gasteiger partial charge in [0.25, 0.3) is 0 Å². The second kappa shape index (κ2) is 6.89. The molecular weight excluding hydrogens is 350 g/mol. The van der Waals surface area contributed by atoms with Crippen molar-refractivity contribution < 1.29 is 0 Å². The number of anilines is 1. The molecule has 5 nitrogen and oxygen atoms in total.